The maximum absolute atomic E-state index is 9.16. The molecule has 1 aromatic rings. The molecule has 0 amide bonds. The summed E-state index contributed by atoms with van der Waals surface area (Å²) in [5.74, 6) is 0.261. The molecule has 1 aliphatic rings. The third-order valence-electron chi connectivity index (χ3n) is 2.47. The van der Waals surface area contributed by atoms with Crippen LogP contribution >= 0.6 is 15.9 Å². The van der Waals surface area contributed by atoms with Gasteiger partial charge in [0.15, 0.2) is 0 Å². The van der Waals surface area contributed by atoms with Crippen molar-refractivity contribution >= 4 is 15.9 Å². The van der Waals surface area contributed by atoms with E-state index in [2.05, 4.69) is 33.4 Å². The molecule has 1 aliphatic heterocycles. The monoisotopic (exact) mass is 241 g/mol. The molecule has 1 heterocycles. The van der Waals surface area contributed by atoms with Crippen LogP contribution in [0.2, 0.25) is 0 Å². The molecule has 13 heavy (non-hydrogen) atoms. The summed E-state index contributed by atoms with van der Waals surface area (Å²) < 4.78 is 1.10. The van der Waals surface area contributed by atoms with Crippen LogP contribution in [0.4, 0.5) is 0 Å². The predicted octanol–water partition coefficient (Wildman–Crippen LogP) is 1.63. The van der Waals surface area contributed by atoms with E-state index < -0.39 is 0 Å². The second kappa shape index (κ2) is 3.78. The van der Waals surface area contributed by atoms with Gasteiger partial charge in [0.1, 0.15) is 0 Å². The van der Waals surface area contributed by atoms with E-state index in [1.165, 1.54) is 11.1 Å². The first-order valence-corrected chi connectivity index (χ1v) is 5.20. The van der Waals surface area contributed by atoms with E-state index in [4.69, 9.17) is 5.11 Å². The van der Waals surface area contributed by atoms with Crippen LogP contribution < -0.4 is 5.32 Å². The summed E-state index contributed by atoms with van der Waals surface area (Å²) in [5.41, 5.74) is 2.57. The summed E-state index contributed by atoms with van der Waals surface area (Å²) >= 11 is 3.44. The van der Waals surface area contributed by atoms with Crippen molar-refractivity contribution in [3.8, 4) is 0 Å². The number of nitrogens with one attached hydrogen (secondary N) is 1. The topological polar surface area (TPSA) is 32.3 Å². The summed E-state index contributed by atoms with van der Waals surface area (Å²) in [6.07, 6.45) is 0. The van der Waals surface area contributed by atoms with Gasteiger partial charge in [-0.15, -0.1) is 0 Å². The third-order valence-corrected chi connectivity index (χ3v) is 2.96. The number of hydrogen-bond donors (Lipinski definition) is 2. The second-order valence-corrected chi connectivity index (χ2v) is 4.27. The number of rotatable bonds is 1. The molecule has 0 saturated heterocycles. The van der Waals surface area contributed by atoms with Gasteiger partial charge in [-0.2, -0.15) is 0 Å². The third kappa shape index (κ3) is 1.77. The Morgan fingerprint density at radius 2 is 2.38 bits per heavy atom. The fourth-order valence-electron chi connectivity index (χ4n) is 1.78. The largest absolute Gasteiger partial charge is 0.396 e. The Labute approximate surface area is 86.1 Å². The molecular formula is C10H12BrNO. The van der Waals surface area contributed by atoms with Crippen molar-refractivity contribution < 1.29 is 5.11 Å². The van der Waals surface area contributed by atoms with Gasteiger partial charge in [0.05, 0.1) is 6.61 Å². The molecule has 1 unspecified atom stereocenters. The fraction of sp³-hybridized carbons (Fsp3) is 0.400. The van der Waals surface area contributed by atoms with Gasteiger partial charge in [-0.1, -0.05) is 22.0 Å². The number of benzene rings is 1. The highest BCUT2D eigenvalue weighted by molar-refractivity contribution is 9.10. The first-order chi connectivity index (χ1) is 6.31. The van der Waals surface area contributed by atoms with Crippen molar-refractivity contribution in [3.63, 3.8) is 0 Å². The van der Waals surface area contributed by atoms with Crippen molar-refractivity contribution in [1.82, 2.24) is 5.32 Å². The zero-order valence-corrected chi connectivity index (χ0v) is 8.84. The molecule has 0 spiro atoms. The van der Waals surface area contributed by atoms with E-state index >= 15 is 0 Å². The Morgan fingerprint density at radius 3 is 3.15 bits per heavy atom. The van der Waals surface area contributed by atoms with Crippen LogP contribution in [0.25, 0.3) is 0 Å². The van der Waals surface area contributed by atoms with E-state index in [9.17, 15) is 0 Å². The maximum Gasteiger partial charge on any atom is 0.0512 e. The number of aliphatic hydroxyl groups is 1. The highest BCUT2D eigenvalue weighted by atomic mass is 79.9. The van der Waals surface area contributed by atoms with Crippen molar-refractivity contribution in [3.05, 3.63) is 33.8 Å². The number of fused-ring (bicyclic) bond motifs is 1. The lowest BCUT2D eigenvalue weighted by molar-refractivity contribution is 0.256. The first-order valence-electron chi connectivity index (χ1n) is 4.41. The lowest BCUT2D eigenvalue weighted by Gasteiger charge is -2.24. The second-order valence-electron chi connectivity index (χ2n) is 3.35. The molecule has 0 bridgehead atoms. The van der Waals surface area contributed by atoms with E-state index in [1.54, 1.807) is 0 Å². The SMILES string of the molecule is OCC1CNCc2cc(Br)ccc21. The molecule has 0 aliphatic carbocycles. The van der Waals surface area contributed by atoms with Crippen LogP contribution in [0.15, 0.2) is 22.7 Å². The van der Waals surface area contributed by atoms with E-state index in [1.807, 2.05) is 6.07 Å². The Bertz CT molecular complexity index is 314. The lowest BCUT2D eigenvalue weighted by atomic mass is 9.92. The summed E-state index contributed by atoms with van der Waals surface area (Å²) in [5, 5.41) is 12.4. The Morgan fingerprint density at radius 1 is 1.54 bits per heavy atom. The van der Waals surface area contributed by atoms with Crippen LogP contribution in [0.1, 0.15) is 17.0 Å². The fourth-order valence-corrected chi connectivity index (χ4v) is 2.19. The average molecular weight is 242 g/mol. The van der Waals surface area contributed by atoms with E-state index in [-0.39, 0.29) is 12.5 Å². The van der Waals surface area contributed by atoms with E-state index in [0.29, 0.717) is 0 Å². The van der Waals surface area contributed by atoms with Crippen LogP contribution in [0, 0.1) is 0 Å². The first kappa shape index (κ1) is 9.19. The van der Waals surface area contributed by atoms with Crippen molar-refractivity contribution in [2.45, 2.75) is 12.5 Å². The minimum absolute atomic E-state index is 0.224. The van der Waals surface area contributed by atoms with Gasteiger partial charge in [-0.05, 0) is 23.3 Å². The summed E-state index contributed by atoms with van der Waals surface area (Å²) in [4.78, 5) is 0. The zero-order chi connectivity index (χ0) is 9.26. The summed E-state index contributed by atoms with van der Waals surface area (Å²) in [6.45, 7) is 2.01. The summed E-state index contributed by atoms with van der Waals surface area (Å²) in [6, 6.07) is 6.25. The standard InChI is InChI=1S/C10H12BrNO/c11-9-1-2-10-7(3-9)4-12-5-8(10)6-13/h1-3,8,12-13H,4-6H2. The van der Waals surface area contributed by atoms with Gasteiger partial charge in [0, 0.05) is 23.5 Å². The van der Waals surface area contributed by atoms with Gasteiger partial charge in [-0.25, -0.2) is 0 Å². The van der Waals surface area contributed by atoms with Gasteiger partial charge in [0.25, 0.3) is 0 Å². The lowest BCUT2D eigenvalue weighted by Crippen LogP contribution is -2.29. The normalized spacial score (nSPS) is 21.2. The van der Waals surface area contributed by atoms with Crippen LogP contribution in [-0.2, 0) is 6.54 Å². The number of hydrogen-bond acceptors (Lipinski definition) is 2. The molecule has 2 rings (SSSR count). The van der Waals surface area contributed by atoms with Gasteiger partial charge >= 0.3 is 0 Å². The Hall–Kier alpha value is -0.380. The molecule has 1 atom stereocenters. The van der Waals surface area contributed by atoms with Gasteiger partial charge < -0.3 is 10.4 Å². The van der Waals surface area contributed by atoms with Crippen LogP contribution in [-0.4, -0.2) is 18.3 Å². The van der Waals surface area contributed by atoms with Crippen molar-refractivity contribution in [1.29, 1.82) is 0 Å². The minimum Gasteiger partial charge on any atom is -0.396 e. The van der Waals surface area contributed by atoms with Crippen molar-refractivity contribution in [2.24, 2.45) is 0 Å². The molecule has 0 fully saturated rings. The number of aliphatic hydroxyl groups excluding tert-OH is 1. The zero-order valence-electron chi connectivity index (χ0n) is 7.26. The molecule has 3 heteroatoms. The van der Waals surface area contributed by atoms with Crippen LogP contribution in [0.3, 0.4) is 0 Å². The molecule has 70 valence electrons. The van der Waals surface area contributed by atoms with Gasteiger partial charge in [0.2, 0.25) is 0 Å². The molecule has 1 aromatic carbocycles. The van der Waals surface area contributed by atoms with Gasteiger partial charge in [-0.3, -0.25) is 0 Å². The molecular weight excluding hydrogens is 230 g/mol. The Balaban J connectivity index is 2.40. The predicted molar refractivity (Wildman–Crippen MR) is 55.7 cm³/mol. The quantitative estimate of drug-likeness (QED) is 0.784. The molecule has 2 N–H and O–H groups in total. The highest BCUT2D eigenvalue weighted by Gasteiger charge is 2.18. The minimum atomic E-state index is 0.224. The van der Waals surface area contributed by atoms with Crippen LogP contribution in [0.5, 0.6) is 0 Å². The molecule has 0 aromatic heterocycles. The highest BCUT2D eigenvalue weighted by Crippen LogP contribution is 2.26. The molecule has 0 radical (unpaired) electrons. The number of halogens is 1. The smallest absolute Gasteiger partial charge is 0.0512 e. The van der Waals surface area contributed by atoms with Crippen molar-refractivity contribution in [2.75, 3.05) is 13.2 Å². The Kier molecular flexibility index (Phi) is 2.67. The average Bonchev–Trinajstić information content (AvgIpc) is 2.16. The molecule has 2 nitrogen and oxygen atoms in total. The molecule has 0 saturated carbocycles. The maximum atomic E-state index is 9.16. The summed E-state index contributed by atoms with van der Waals surface area (Å²) in [7, 11) is 0. The van der Waals surface area contributed by atoms with E-state index in [0.717, 1.165) is 17.6 Å².